The Labute approximate surface area is 183 Å². The van der Waals surface area contributed by atoms with Gasteiger partial charge in [-0.3, -0.25) is 9.20 Å². The van der Waals surface area contributed by atoms with Gasteiger partial charge < -0.3 is 10.6 Å². The predicted octanol–water partition coefficient (Wildman–Crippen LogP) is 6.00. The van der Waals surface area contributed by atoms with Gasteiger partial charge in [0.2, 0.25) is 0 Å². The fourth-order valence-electron chi connectivity index (χ4n) is 3.53. The van der Waals surface area contributed by atoms with Crippen LogP contribution in [0.3, 0.4) is 0 Å². The Bertz CT molecular complexity index is 1020. The number of carbonyl (C=O) groups is 1. The van der Waals surface area contributed by atoms with Crippen molar-refractivity contribution < 1.29 is 22.4 Å². The standard InChI is InChI=1S/C23H26F4N4O/c1-2-5-17(29-23(32)16-11-9-15(10-12-16)21(24)25)6-4-13-28-19-7-3-8-20-30-18(22(26)27)14-31(19)20/h3,7-12,14,17,21-22,28H,2,4-6,13H2,1H3,(H,29,32)/t17-/m1/s1. The predicted molar refractivity (Wildman–Crippen MR) is 115 cm³/mol. The molecule has 0 saturated heterocycles. The normalized spacial score (nSPS) is 12.5. The molecule has 3 aromatic rings. The number of amides is 1. The Morgan fingerprint density at radius 2 is 1.78 bits per heavy atom. The molecular weight excluding hydrogens is 424 g/mol. The lowest BCUT2D eigenvalue weighted by molar-refractivity contribution is 0.0932. The summed E-state index contributed by atoms with van der Waals surface area (Å²) in [5.74, 6) is 0.372. The van der Waals surface area contributed by atoms with Crippen molar-refractivity contribution in [3.8, 4) is 0 Å². The van der Waals surface area contributed by atoms with E-state index in [0.717, 1.165) is 19.3 Å². The van der Waals surface area contributed by atoms with Crippen LogP contribution in [-0.2, 0) is 0 Å². The quantitative estimate of drug-likeness (QED) is 0.278. The number of pyridine rings is 1. The Balaban J connectivity index is 1.54. The second-order valence-electron chi connectivity index (χ2n) is 7.56. The van der Waals surface area contributed by atoms with Crippen LogP contribution >= 0.6 is 0 Å². The number of halogens is 4. The van der Waals surface area contributed by atoms with E-state index in [9.17, 15) is 22.4 Å². The SMILES string of the molecule is CCC[C@H](CCCNc1cccc2nc(C(F)F)cn12)NC(=O)c1ccc(C(F)F)cc1. The molecule has 0 spiro atoms. The number of aromatic nitrogens is 2. The smallest absolute Gasteiger partial charge is 0.281 e. The zero-order valence-electron chi connectivity index (χ0n) is 17.7. The number of imidazole rings is 1. The molecule has 172 valence electrons. The van der Waals surface area contributed by atoms with Crippen molar-refractivity contribution in [1.82, 2.24) is 14.7 Å². The minimum absolute atomic E-state index is 0.0569. The fourth-order valence-corrected chi connectivity index (χ4v) is 3.53. The maximum absolute atomic E-state index is 12.9. The first-order valence-electron chi connectivity index (χ1n) is 10.6. The summed E-state index contributed by atoms with van der Waals surface area (Å²) in [4.78, 5) is 16.4. The molecule has 5 nitrogen and oxygen atoms in total. The summed E-state index contributed by atoms with van der Waals surface area (Å²) >= 11 is 0. The summed E-state index contributed by atoms with van der Waals surface area (Å²) in [5, 5.41) is 6.21. The van der Waals surface area contributed by atoms with Crippen LogP contribution in [-0.4, -0.2) is 27.9 Å². The van der Waals surface area contributed by atoms with Crippen LogP contribution in [0.25, 0.3) is 5.65 Å². The van der Waals surface area contributed by atoms with E-state index >= 15 is 0 Å². The zero-order chi connectivity index (χ0) is 23.1. The van der Waals surface area contributed by atoms with Crippen molar-refractivity contribution in [1.29, 1.82) is 0 Å². The molecule has 9 heteroatoms. The minimum atomic E-state index is -2.63. The third kappa shape index (κ3) is 5.99. The molecule has 0 radical (unpaired) electrons. The highest BCUT2D eigenvalue weighted by Crippen LogP contribution is 2.21. The van der Waals surface area contributed by atoms with E-state index in [1.54, 1.807) is 22.6 Å². The first-order valence-corrected chi connectivity index (χ1v) is 10.6. The molecule has 0 aliphatic heterocycles. The molecule has 0 unspecified atom stereocenters. The van der Waals surface area contributed by atoms with Crippen LogP contribution in [0.15, 0.2) is 48.7 Å². The number of hydrogen-bond acceptors (Lipinski definition) is 3. The molecule has 1 atom stereocenters. The number of nitrogens with one attached hydrogen (secondary N) is 2. The van der Waals surface area contributed by atoms with Crippen molar-refractivity contribution in [2.24, 2.45) is 0 Å². The number of rotatable bonds is 11. The van der Waals surface area contributed by atoms with Crippen molar-refractivity contribution in [3.05, 3.63) is 65.5 Å². The van der Waals surface area contributed by atoms with Crippen LogP contribution in [0.2, 0.25) is 0 Å². The lowest BCUT2D eigenvalue weighted by atomic mass is 10.0. The van der Waals surface area contributed by atoms with Gasteiger partial charge in [-0.1, -0.05) is 31.5 Å². The molecule has 0 aliphatic carbocycles. The largest absolute Gasteiger partial charge is 0.371 e. The van der Waals surface area contributed by atoms with Gasteiger partial charge in [-0.2, -0.15) is 0 Å². The number of alkyl halides is 4. The number of anilines is 1. The average molecular weight is 450 g/mol. The van der Waals surface area contributed by atoms with Crippen LogP contribution in [0.4, 0.5) is 23.4 Å². The molecule has 2 heterocycles. The summed E-state index contributed by atoms with van der Waals surface area (Å²) in [6.45, 7) is 2.61. The van der Waals surface area contributed by atoms with Crippen LogP contribution in [0.5, 0.6) is 0 Å². The van der Waals surface area contributed by atoms with Gasteiger partial charge in [0.15, 0.2) is 0 Å². The highest BCUT2D eigenvalue weighted by Gasteiger charge is 2.15. The number of fused-ring (bicyclic) bond motifs is 1. The van der Waals surface area contributed by atoms with Crippen molar-refractivity contribution in [2.75, 3.05) is 11.9 Å². The third-order valence-corrected chi connectivity index (χ3v) is 5.17. The second-order valence-corrected chi connectivity index (χ2v) is 7.56. The van der Waals surface area contributed by atoms with Gasteiger partial charge in [0.05, 0.1) is 0 Å². The summed E-state index contributed by atoms with van der Waals surface area (Å²) in [6.07, 6.45) is -0.757. The first-order chi connectivity index (χ1) is 15.4. The van der Waals surface area contributed by atoms with Gasteiger partial charge in [0.25, 0.3) is 18.8 Å². The molecule has 0 fully saturated rings. The maximum atomic E-state index is 12.9. The van der Waals surface area contributed by atoms with Gasteiger partial charge in [-0.25, -0.2) is 22.5 Å². The van der Waals surface area contributed by atoms with E-state index in [1.165, 1.54) is 30.5 Å². The molecule has 32 heavy (non-hydrogen) atoms. The second kappa shape index (κ2) is 11.0. The molecule has 2 aromatic heterocycles. The number of benzene rings is 1. The highest BCUT2D eigenvalue weighted by molar-refractivity contribution is 5.94. The minimum Gasteiger partial charge on any atom is -0.371 e. The van der Waals surface area contributed by atoms with E-state index in [1.807, 2.05) is 6.92 Å². The molecule has 0 bridgehead atoms. The lowest BCUT2D eigenvalue weighted by Crippen LogP contribution is -2.35. The van der Waals surface area contributed by atoms with E-state index in [2.05, 4.69) is 15.6 Å². The Kier molecular flexibility index (Phi) is 8.08. The Morgan fingerprint density at radius 3 is 2.44 bits per heavy atom. The van der Waals surface area contributed by atoms with E-state index in [4.69, 9.17) is 0 Å². The van der Waals surface area contributed by atoms with Crippen molar-refractivity contribution >= 4 is 17.4 Å². The topological polar surface area (TPSA) is 58.4 Å². The summed E-state index contributed by atoms with van der Waals surface area (Å²) in [7, 11) is 0. The number of carbonyl (C=O) groups excluding carboxylic acids is 1. The summed E-state index contributed by atoms with van der Waals surface area (Å²) in [5.41, 5.74) is 0.396. The molecule has 3 rings (SSSR count). The maximum Gasteiger partial charge on any atom is 0.281 e. The van der Waals surface area contributed by atoms with Gasteiger partial charge in [-0.05, 0) is 43.5 Å². The van der Waals surface area contributed by atoms with Crippen molar-refractivity contribution in [2.45, 2.75) is 51.5 Å². The molecule has 0 aliphatic rings. The molecular formula is C23H26F4N4O. The molecule has 2 N–H and O–H groups in total. The third-order valence-electron chi connectivity index (χ3n) is 5.17. The van der Waals surface area contributed by atoms with E-state index in [-0.39, 0.29) is 23.2 Å². The average Bonchev–Trinajstić information content (AvgIpc) is 3.22. The first kappa shape index (κ1) is 23.6. The Hall–Kier alpha value is -3.10. The summed E-state index contributed by atoms with van der Waals surface area (Å²) < 4.78 is 52.8. The van der Waals surface area contributed by atoms with Crippen LogP contribution < -0.4 is 10.6 Å². The van der Waals surface area contributed by atoms with Gasteiger partial charge in [0.1, 0.15) is 17.2 Å². The van der Waals surface area contributed by atoms with Gasteiger partial charge in [-0.15, -0.1) is 0 Å². The van der Waals surface area contributed by atoms with Gasteiger partial charge in [0, 0.05) is 29.9 Å². The van der Waals surface area contributed by atoms with Crippen molar-refractivity contribution in [3.63, 3.8) is 0 Å². The van der Waals surface area contributed by atoms with Crippen LogP contribution in [0, 0.1) is 0 Å². The van der Waals surface area contributed by atoms with Crippen LogP contribution in [0.1, 0.15) is 67.1 Å². The fraction of sp³-hybridized carbons (Fsp3) is 0.391. The monoisotopic (exact) mass is 450 g/mol. The molecule has 1 amide bonds. The lowest BCUT2D eigenvalue weighted by Gasteiger charge is -2.19. The van der Waals surface area contributed by atoms with E-state index in [0.29, 0.717) is 30.0 Å². The van der Waals surface area contributed by atoms with Gasteiger partial charge >= 0.3 is 0 Å². The zero-order valence-corrected chi connectivity index (χ0v) is 17.7. The number of nitrogens with zero attached hydrogens (tertiary/aromatic N) is 2. The highest BCUT2D eigenvalue weighted by atomic mass is 19.3. The Morgan fingerprint density at radius 1 is 1.03 bits per heavy atom. The molecule has 0 saturated carbocycles. The summed E-state index contributed by atoms with van der Waals surface area (Å²) in [6, 6.07) is 10.5. The van der Waals surface area contributed by atoms with E-state index < -0.39 is 12.9 Å². The molecule has 1 aromatic carbocycles. The number of hydrogen-bond donors (Lipinski definition) is 2.